The van der Waals surface area contributed by atoms with E-state index < -0.39 is 20.0 Å². The van der Waals surface area contributed by atoms with Crippen LogP contribution in [-0.2, 0) is 32.3 Å². The van der Waals surface area contributed by atoms with E-state index in [9.17, 15) is 16.8 Å². The third kappa shape index (κ3) is 6.25. The fourth-order valence-corrected chi connectivity index (χ4v) is 4.33. The number of furan rings is 1. The van der Waals surface area contributed by atoms with E-state index in [0.717, 1.165) is 0 Å². The van der Waals surface area contributed by atoms with E-state index in [0.29, 0.717) is 16.3 Å². The number of halogens is 1. The summed E-state index contributed by atoms with van der Waals surface area (Å²) >= 11 is 5.92. The first-order chi connectivity index (χ1) is 11.3. The fourth-order valence-electron chi connectivity index (χ4n) is 1.87. The molecular weight excluding hydrogens is 376 g/mol. The summed E-state index contributed by atoms with van der Waals surface area (Å²) in [5.41, 5.74) is 0.450. The summed E-state index contributed by atoms with van der Waals surface area (Å²) < 4.78 is 57.2. The number of sulfonamides is 2. The molecule has 0 unspecified atom stereocenters. The van der Waals surface area contributed by atoms with E-state index in [1.807, 2.05) is 0 Å². The Morgan fingerprint density at radius 3 is 2.38 bits per heavy atom. The van der Waals surface area contributed by atoms with Gasteiger partial charge in [-0.05, 0) is 23.8 Å². The maximum atomic E-state index is 12.0. The Bertz CT molecular complexity index is 864. The smallest absolute Gasteiger partial charge is 0.215 e. The zero-order valence-electron chi connectivity index (χ0n) is 12.6. The van der Waals surface area contributed by atoms with Crippen molar-refractivity contribution in [2.75, 3.05) is 12.3 Å². The number of hydrogen-bond donors (Lipinski definition) is 2. The molecule has 0 saturated heterocycles. The average molecular weight is 393 g/mol. The molecule has 0 radical (unpaired) electrons. The monoisotopic (exact) mass is 392 g/mol. The molecule has 1 aromatic heterocycles. The molecule has 0 fully saturated rings. The van der Waals surface area contributed by atoms with Crippen LogP contribution >= 0.6 is 11.6 Å². The summed E-state index contributed by atoms with van der Waals surface area (Å²) in [5, 5.41) is 0.343. The van der Waals surface area contributed by atoms with Gasteiger partial charge in [-0.3, -0.25) is 0 Å². The molecule has 7 nitrogen and oxygen atoms in total. The minimum atomic E-state index is -3.68. The van der Waals surface area contributed by atoms with Crippen LogP contribution in [0.15, 0.2) is 47.1 Å². The Hall–Kier alpha value is -1.39. The second-order valence-electron chi connectivity index (χ2n) is 4.96. The lowest BCUT2D eigenvalue weighted by atomic mass is 10.2. The van der Waals surface area contributed by atoms with Crippen LogP contribution in [0.1, 0.15) is 11.3 Å². The van der Waals surface area contributed by atoms with Gasteiger partial charge in [-0.2, -0.15) is 0 Å². The first-order valence-corrected chi connectivity index (χ1v) is 10.7. The molecule has 0 saturated carbocycles. The predicted molar refractivity (Wildman–Crippen MR) is 91.4 cm³/mol. The Balaban J connectivity index is 1.82. The van der Waals surface area contributed by atoms with Crippen LogP contribution in [0.25, 0.3) is 0 Å². The van der Waals surface area contributed by atoms with Crippen molar-refractivity contribution in [3.05, 3.63) is 59.0 Å². The summed E-state index contributed by atoms with van der Waals surface area (Å²) in [5.74, 6) is -0.222. The second kappa shape index (κ2) is 8.13. The van der Waals surface area contributed by atoms with E-state index in [4.69, 9.17) is 16.0 Å². The zero-order chi connectivity index (χ0) is 17.6. The summed E-state index contributed by atoms with van der Waals surface area (Å²) in [6.45, 7) is -0.220. The lowest BCUT2D eigenvalue weighted by molar-refractivity contribution is 0.498. The molecule has 132 valence electrons. The van der Waals surface area contributed by atoms with Crippen molar-refractivity contribution in [2.45, 2.75) is 12.3 Å². The molecule has 2 aromatic rings. The highest BCUT2D eigenvalue weighted by Gasteiger charge is 2.16. The van der Waals surface area contributed by atoms with Gasteiger partial charge in [0, 0.05) is 11.6 Å². The first-order valence-electron chi connectivity index (χ1n) is 6.98. The Morgan fingerprint density at radius 2 is 1.71 bits per heavy atom. The van der Waals surface area contributed by atoms with Crippen LogP contribution in [0.2, 0.25) is 5.02 Å². The Labute approximate surface area is 146 Å². The molecule has 0 amide bonds. The fraction of sp³-hybridized carbons (Fsp3) is 0.286. The standard InChI is InChI=1S/C14H17ClN2O5S2/c15-14-6-2-1-4-12(14)11-24(20,21)16-7-9-23(18,19)17-10-13-5-3-8-22-13/h1-6,8,16-17H,7,9-11H2. The van der Waals surface area contributed by atoms with Crippen molar-refractivity contribution in [1.82, 2.24) is 9.44 Å². The molecule has 1 heterocycles. The van der Waals surface area contributed by atoms with Crippen molar-refractivity contribution in [1.29, 1.82) is 0 Å². The zero-order valence-corrected chi connectivity index (χ0v) is 15.0. The minimum Gasteiger partial charge on any atom is -0.468 e. The molecule has 0 aliphatic rings. The number of rotatable bonds is 9. The topological polar surface area (TPSA) is 105 Å². The first kappa shape index (κ1) is 18.9. The van der Waals surface area contributed by atoms with Gasteiger partial charge in [0.2, 0.25) is 20.0 Å². The molecule has 1 aromatic carbocycles. The van der Waals surface area contributed by atoms with Crippen molar-refractivity contribution in [3.63, 3.8) is 0 Å². The highest BCUT2D eigenvalue weighted by atomic mass is 35.5. The van der Waals surface area contributed by atoms with Crippen LogP contribution in [0.4, 0.5) is 0 Å². The molecule has 0 aliphatic heterocycles. The van der Waals surface area contributed by atoms with E-state index in [2.05, 4.69) is 9.44 Å². The lowest BCUT2D eigenvalue weighted by Crippen LogP contribution is -2.34. The van der Waals surface area contributed by atoms with Gasteiger partial charge in [0.15, 0.2) is 0 Å². The third-order valence-corrected chi connectivity index (χ3v) is 6.07. The van der Waals surface area contributed by atoms with Crippen molar-refractivity contribution >= 4 is 31.6 Å². The molecule has 0 bridgehead atoms. The minimum absolute atomic E-state index is 0.0156. The van der Waals surface area contributed by atoms with E-state index in [1.165, 1.54) is 6.26 Å². The maximum absolute atomic E-state index is 12.0. The summed E-state index contributed by atoms with van der Waals surface area (Å²) in [6.07, 6.45) is 1.44. The van der Waals surface area contributed by atoms with Gasteiger partial charge < -0.3 is 4.42 Å². The lowest BCUT2D eigenvalue weighted by Gasteiger charge is -2.09. The quantitative estimate of drug-likeness (QED) is 0.672. The summed E-state index contributed by atoms with van der Waals surface area (Å²) in [7, 11) is -7.31. The van der Waals surface area contributed by atoms with Crippen molar-refractivity contribution < 1.29 is 21.3 Å². The maximum Gasteiger partial charge on any atom is 0.215 e. The molecule has 2 N–H and O–H groups in total. The normalized spacial score (nSPS) is 12.4. The summed E-state index contributed by atoms with van der Waals surface area (Å²) in [4.78, 5) is 0. The van der Waals surface area contributed by atoms with Crippen LogP contribution in [0.3, 0.4) is 0 Å². The van der Waals surface area contributed by atoms with Gasteiger partial charge in [-0.15, -0.1) is 0 Å². The molecule has 2 rings (SSSR count). The molecular formula is C14H17ClN2O5S2. The number of benzene rings is 1. The van der Waals surface area contributed by atoms with Crippen LogP contribution in [0.5, 0.6) is 0 Å². The Kier molecular flexibility index (Phi) is 6.41. The SMILES string of the molecule is O=S(=O)(CCNS(=O)(=O)Cc1ccccc1Cl)NCc1ccco1. The van der Waals surface area contributed by atoms with Gasteiger partial charge in [0.25, 0.3) is 0 Å². The van der Waals surface area contributed by atoms with Crippen LogP contribution in [0, 0.1) is 0 Å². The number of hydrogen-bond acceptors (Lipinski definition) is 5. The molecule has 24 heavy (non-hydrogen) atoms. The molecule has 10 heteroatoms. The van der Waals surface area contributed by atoms with E-state index in [-0.39, 0.29) is 24.6 Å². The van der Waals surface area contributed by atoms with E-state index in [1.54, 1.807) is 36.4 Å². The largest absolute Gasteiger partial charge is 0.468 e. The van der Waals surface area contributed by atoms with Crippen molar-refractivity contribution in [2.24, 2.45) is 0 Å². The van der Waals surface area contributed by atoms with Gasteiger partial charge in [0.1, 0.15) is 5.76 Å². The predicted octanol–water partition coefficient (Wildman–Crippen LogP) is 1.47. The highest BCUT2D eigenvalue weighted by Crippen LogP contribution is 2.17. The van der Waals surface area contributed by atoms with Crippen LogP contribution < -0.4 is 9.44 Å². The van der Waals surface area contributed by atoms with Crippen molar-refractivity contribution in [3.8, 4) is 0 Å². The van der Waals surface area contributed by atoms with Gasteiger partial charge in [-0.1, -0.05) is 29.8 Å². The van der Waals surface area contributed by atoms with Gasteiger partial charge in [-0.25, -0.2) is 26.3 Å². The van der Waals surface area contributed by atoms with Crippen LogP contribution in [-0.4, -0.2) is 29.1 Å². The second-order valence-corrected chi connectivity index (χ2v) is 9.10. The van der Waals surface area contributed by atoms with Gasteiger partial charge >= 0.3 is 0 Å². The molecule has 0 aliphatic carbocycles. The summed E-state index contributed by atoms with van der Waals surface area (Å²) in [6, 6.07) is 9.85. The molecule has 0 spiro atoms. The average Bonchev–Trinajstić information content (AvgIpc) is 3.00. The van der Waals surface area contributed by atoms with E-state index >= 15 is 0 Å². The molecule has 0 atom stereocenters. The third-order valence-electron chi connectivity index (χ3n) is 3.04. The van der Waals surface area contributed by atoms with Gasteiger partial charge in [0.05, 0.1) is 24.3 Å². The highest BCUT2D eigenvalue weighted by molar-refractivity contribution is 7.90. The number of nitrogens with one attached hydrogen (secondary N) is 2. The Morgan fingerprint density at radius 1 is 0.958 bits per heavy atom.